The maximum Gasteiger partial charge on any atom is 0.247 e. The van der Waals surface area contributed by atoms with Crippen molar-refractivity contribution in [1.82, 2.24) is 15.5 Å². The summed E-state index contributed by atoms with van der Waals surface area (Å²) >= 11 is 0. The molecular weight excluding hydrogens is 268 g/mol. The molecule has 0 bridgehead atoms. The summed E-state index contributed by atoms with van der Waals surface area (Å²) in [6, 6.07) is 7.39. The molecule has 2 heterocycles. The highest BCUT2D eigenvalue weighted by Crippen LogP contribution is 2.20. The van der Waals surface area contributed by atoms with Crippen molar-refractivity contribution in [3.8, 4) is 11.5 Å². The van der Waals surface area contributed by atoms with Gasteiger partial charge in [-0.05, 0) is 56.1 Å². The number of nitrogens with zero attached hydrogens (tertiary/aromatic N) is 2. The third-order valence-electron chi connectivity index (χ3n) is 3.65. The summed E-state index contributed by atoms with van der Waals surface area (Å²) < 4.78 is 5.12. The van der Waals surface area contributed by atoms with Gasteiger partial charge < -0.3 is 15.1 Å². The summed E-state index contributed by atoms with van der Waals surface area (Å²) in [5.74, 6) is 0.979. The number of nitrogens with one attached hydrogen (secondary N) is 2. The largest absolute Gasteiger partial charge is 0.423 e. The standard InChI is InChI=1S/C15H18N4O2/c20-14(8-11-2-1-7-16-9-11)18-13-5-3-12(4-6-13)15-19-17-10-21-15/h3-6,10-11,16H,1-2,7-9H2,(H,18,20). The van der Waals surface area contributed by atoms with E-state index in [-0.39, 0.29) is 5.91 Å². The molecule has 0 spiro atoms. The van der Waals surface area contributed by atoms with E-state index in [0.717, 1.165) is 37.2 Å². The molecule has 6 nitrogen and oxygen atoms in total. The molecule has 1 aromatic heterocycles. The minimum Gasteiger partial charge on any atom is -0.423 e. The van der Waals surface area contributed by atoms with Gasteiger partial charge >= 0.3 is 0 Å². The number of anilines is 1. The van der Waals surface area contributed by atoms with Crippen LogP contribution in [0.1, 0.15) is 19.3 Å². The Morgan fingerprint density at radius 3 is 2.90 bits per heavy atom. The van der Waals surface area contributed by atoms with Crippen molar-refractivity contribution in [3.63, 3.8) is 0 Å². The SMILES string of the molecule is O=C(CC1CCCNC1)Nc1ccc(-c2nnco2)cc1. The Balaban J connectivity index is 1.56. The highest BCUT2D eigenvalue weighted by atomic mass is 16.4. The van der Waals surface area contributed by atoms with Crippen molar-refractivity contribution >= 4 is 11.6 Å². The minimum atomic E-state index is 0.0641. The van der Waals surface area contributed by atoms with Crippen LogP contribution in [0.25, 0.3) is 11.5 Å². The van der Waals surface area contributed by atoms with Crippen LogP contribution < -0.4 is 10.6 Å². The van der Waals surface area contributed by atoms with Crippen LogP contribution in [0.2, 0.25) is 0 Å². The first-order valence-corrected chi connectivity index (χ1v) is 7.18. The molecule has 6 heteroatoms. The highest BCUT2D eigenvalue weighted by molar-refractivity contribution is 5.91. The zero-order valence-corrected chi connectivity index (χ0v) is 11.7. The molecule has 1 aliphatic heterocycles. The molecule has 1 aliphatic rings. The number of carbonyl (C=O) groups is 1. The number of hydrogen-bond acceptors (Lipinski definition) is 5. The van der Waals surface area contributed by atoms with Gasteiger partial charge in [-0.1, -0.05) is 0 Å². The monoisotopic (exact) mass is 286 g/mol. The van der Waals surface area contributed by atoms with Crippen molar-refractivity contribution in [2.24, 2.45) is 5.92 Å². The van der Waals surface area contributed by atoms with Crippen LogP contribution in [-0.2, 0) is 4.79 Å². The van der Waals surface area contributed by atoms with Crippen LogP contribution in [0, 0.1) is 5.92 Å². The Morgan fingerprint density at radius 2 is 2.24 bits per heavy atom. The number of amides is 1. The van der Waals surface area contributed by atoms with Gasteiger partial charge in [0.1, 0.15) is 0 Å². The van der Waals surface area contributed by atoms with Crippen LogP contribution in [-0.4, -0.2) is 29.2 Å². The molecule has 3 rings (SSSR count). The lowest BCUT2D eigenvalue weighted by Gasteiger charge is -2.22. The summed E-state index contributed by atoms with van der Waals surface area (Å²) in [7, 11) is 0. The van der Waals surface area contributed by atoms with Gasteiger partial charge in [-0.15, -0.1) is 10.2 Å². The molecule has 1 fully saturated rings. The lowest BCUT2D eigenvalue weighted by Crippen LogP contribution is -2.32. The fourth-order valence-electron chi connectivity index (χ4n) is 2.57. The van der Waals surface area contributed by atoms with E-state index in [2.05, 4.69) is 20.8 Å². The third kappa shape index (κ3) is 3.66. The summed E-state index contributed by atoms with van der Waals surface area (Å²) in [5.41, 5.74) is 1.62. The maximum atomic E-state index is 12.0. The maximum absolute atomic E-state index is 12.0. The van der Waals surface area contributed by atoms with Gasteiger partial charge in [0.05, 0.1) is 0 Å². The predicted octanol–water partition coefficient (Wildman–Crippen LogP) is 2.06. The Labute approximate surface area is 123 Å². The second kappa shape index (κ2) is 6.49. The number of hydrogen-bond donors (Lipinski definition) is 2. The van der Waals surface area contributed by atoms with Crippen LogP contribution in [0.5, 0.6) is 0 Å². The molecule has 0 saturated carbocycles. The average molecular weight is 286 g/mol. The molecule has 1 atom stereocenters. The fourth-order valence-corrected chi connectivity index (χ4v) is 2.57. The average Bonchev–Trinajstić information content (AvgIpc) is 3.03. The number of piperidine rings is 1. The number of rotatable bonds is 4. The third-order valence-corrected chi connectivity index (χ3v) is 3.65. The van der Waals surface area contributed by atoms with Gasteiger partial charge in [-0.2, -0.15) is 0 Å². The second-order valence-corrected chi connectivity index (χ2v) is 5.29. The van der Waals surface area contributed by atoms with Crippen LogP contribution in [0.15, 0.2) is 35.1 Å². The molecule has 1 unspecified atom stereocenters. The van der Waals surface area contributed by atoms with Crippen molar-refractivity contribution in [1.29, 1.82) is 0 Å². The van der Waals surface area contributed by atoms with E-state index in [1.807, 2.05) is 24.3 Å². The predicted molar refractivity (Wildman–Crippen MR) is 78.6 cm³/mol. The molecule has 2 N–H and O–H groups in total. The molecule has 2 aromatic rings. The van der Waals surface area contributed by atoms with Crippen molar-refractivity contribution in [2.75, 3.05) is 18.4 Å². The summed E-state index contributed by atoms with van der Waals surface area (Å²) in [6.45, 7) is 2.00. The van der Waals surface area contributed by atoms with E-state index >= 15 is 0 Å². The zero-order chi connectivity index (χ0) is 14.5. The van der Waals surface area contributed by atoms with Crippen LogP contribution in [0.4, 0.5) is 5.69 Å². The second-order valence-electron chi connectivity index (χ2n) is 5.29. The smallest absolute Gasteiger partial charge is 0.247 e. The Morgan fingerprint density at radius 1 is 1.38 bits per heavy atom. The first-order valence-electron chi connectivity index (χ1n) is 7.18. The van der Waals surface area contributed by atoms with Gasteiger partial charge in [-0.25, -0.2) is 0 Å². The molecule has 1 amide bonds. The van der Waals surface area contributed by atoms with E-state index in [9.17, 15) is 4.79 Å². The van der Waals surface area contributed by atoms with E-state index in [1.165, 1.54) is 6.39 Å². The Hall–Kier alpha value is -2.21. The van der Waals surface area contributed by atoms with Gasteiger partial charge in [0.15, 0.2) is 0 Å². The quantitative estimate of drug-likeness (QED) is 0.899. The minimum absolute atomic E-state index is 0.0641. The molecule has 21 heavy (non-hydrogen) atoms. The lowest BCUT2D eigenvalue weighted by molar-refractivity contribution is -0.117. The van der Waals surface area contributed by atoms with E-state index in [0.29, 0.717) is 18.2 Å². The fraction of sp³-hybridized carbons (Fsp3) is 0.400. The molecule has 0 radical (unpaired) electrons. The van der Waals surface area contributed by atoms with E-state index in [1.54, 1.807) is 0 Å². The van der Waals surface area contributed by atoms with E-state index < -0.39 is 0 Å². The van der Waals surface area contributed by atoms with Crippen LogP contribution in [0.3, 0.4) is 0 Å². The molecular formula is C15H18N4O2. The Bertz CT molecular complexity index is 574. The Kier molecular flexibility index (Phi) is 4.25. The zero-order valence-electron chi connectivity index (χ0n) is 11.7. The molecule has 1 aromatic carbocycles. The van der Waals surface area contributed by atoms with Crippen molar-refractivity contribution in [2.45, 2.75) is 19.3 Å². The molecule has 110 valence electrons. The molecule has 0 aliphatic carbocycles. The van der Waals surface area contributed by atoms with Crippen LogP contribution >= 0.6 is 0 Å². The lowest BCUT2D eigenvalue weighted by atomic mass is 9.96. The normalized spacial score (nSPS) is 18.4. The topological polar surface area (TPSA) is 80.0 Å². The van der Waals surface area contributed by atoms with E-state index in [4.69, 9.17) is 4.42 Å². The number of carbonyl (C=O) groups excluding carboxylic acids is 1. The van der Waals surface area contributed by atoms with Gasteiger partial charge in [0, 0.05) is 17.7 Å². The summed E-state index contributed by atoms with van der Waals surface area (Å²) in [6.07, 6.45) is 4.13. The number of benzene rings is 1. The van der Waals surface area contributed by atoms with Crippen molar-refractivity contribution < 1.29 is 9.21 Å². The van der Waals surface area contributed by atoms with Gasteiger partial charge in [0.2, 0.25) is 18.2 Å². The first kappa shape index (κ1) is 13.8. The number of aromatic nitrogens is 2. The summed E-state index contributed by atoms with van der Waals surface area (Å²) in [5, 5.41) is 13.7. The summed E-state index contributed by atoms with van der Waals surface area (Å²) in [4.78, 5) is 12.0. The van der Waals surface area contributed by atoms with Gasteiger partial charge in [-0.3, -0.25) is 4.79 Å². The van der Waals surface area contributed by atoms with Crippen molar-refractivity contribution in [3.05, 3.63) is 30.7 Å². The molecule has 1 saturated heterocycles. The first-order chi connectivity index (χ1) is 10.3. The van der Waals surface area contributed by atoms with Gasteiger partial charge in [0.25, 0.3) is 0 Å². The highest BCUT2D eigenvalue weighted by Gasteiger charge is 2.16.